The molecule has 0 heterocycles. The summed E-state index contributed by atoms with van der Waals surface area (Å²) in [5.41, 5.74) is 6.38. The van der Waals surface area contributed by atoms with Gasteiger partial charge in [-0.3, -0.25) is 4.90 Å². The quantitative estimate of drug-likeness (QED) is 0.785. The highest BCUT2D eigenvalue weighted by molar-refractivity contribution is 9.10. The van der Waals surface area contributed by atoms with E-state index >= 15 is 0 Å². The van der Waals surface area contributed by atoms with E-state index in [4.69, 9.17) is 10.5 Å². The predicted octanol–water partition coefficient (Wildman–Crippen LogP) is 2.56. The maximum absolute atomic E-state index is 13.8. The molecule has 1 aromatic carbocycles. The Morgan fingerprint density at radius 1 is 1.50 bits per heavy atom. The van der Waals surface area contributed by atoms with Crippen molar-refractivity contribution >= 4 is 15.9 Å². The van der Waals surface area contributed by atoms with Crippen LogP contribution < -0.4 is 5.73 Å². The lowest BCUT2D eigenvalue weighted by atomic mass is 10.1. The Bertz CT molecular complexity index is 376. The fourth-order valence-corrected chi connectivity index (χ4v) is 2.20. The molecule has 2 N–H and O–H groups in total. The minimum absolute atomic E-state index is 0.136. The van der Waals surface area contributed by atoms with Gasteiger partial charge in [-0.15, -0.1) is 0 Å². The second kappa shape index (κ2) is 7.84. The van der Waals surface area contributed by atoms with E-state index in [0.29, 0.717) is 25.3 Å². The summed E-state index contributed by atoms with van der Waals surface area (Å²) in [6, 6.07) is 4.79. The van der Waals surface area contributed by atoms with E-state index < -0.39 is 0 Å². The molecule has 1 unspecified atom stereocenters. The fraction of sp³-hybridized carbons (Fsp3) is 0.538. The number of likely N-dealkylation sites (N-methyl/N-ethyl adjacent to an activating group) is 1. The van der Waals surface area contributed by atoms with Gasteiger partial charge in [0.15, 0.2) is 0 Å². The molecule has 0 aliphatic carbocycles. The monoisotopic (exact) mass is 318 g/mol. The fourth-order valence-electron chi connectivity index (χ4n) is 1.82. The van der Waals surface area contributed by atoms with Gasteiger partial charge >= 0.3 is 0 Å². The van der Waals surface area contributed by atoms with Crippen LogP contribution in [0.1, 0.15) is 18.5 Å². The molecule has 1 rings (SSSR count). The third-order valence-electron chi connectivity index (χ3n) is 2.86. The van der Waals surface area contributed by atoms with Crippen molar-refractivity contribution in [2.45, 2.75) is 13.0 Å². The maximum atomic E-state index is 13.8. The molecule has 0 spiro atoms. The lowest BCUT2D eigenvalue weighted by Crippen LogP contribution is -2.33. The van der Waals surface area contributed by atoms with Crippen molar-refractivity contribution in [2.24, 2.45) is 5.73 Å². The van der Waals surface area contributed by atoms with E-state index in [0.717, 1.165) is 11.0 Å². The summed E-state index contributed by atoms with van der Waals surface area (Å²) in [6.45, 7) is 4.36. The maximum Gasteiger partial charge on any atom is 0.128 e. The van der Waals surface area contributed by atoms with Gasteiger partial charge in [-0.1, -0.05) is 15.9 Å². The van der Waals surface area contributed by atoms with E-state index in [1.807, 2.05) is 18.9 Å². The standard InChI is InChI=1S/C13H20BrFN2O/c1-3-18-7-6-17(2)13(9-16)11-8-10(14)4-5-12(11)15/h4-5,8,13H,3,6-7,9,16H2,1-2H3. The first-order chi connectivity index (χ1) is 8.60. The van der Waals surface area contributed by atoms with Crippen LogP contribution in [0.25, 0.3) is 0 Å². The summed E-state index contributed by atoms with van der Waals surface area (Å²) in [5, 5.41) is 0. The number of halogens is 2. The zero-order valence-electron chi connectivity index (χ0n) is 10.8. The van der Waals surface area contributed by atoms with Crippen LogP contribution in [-0.2, 0) is 4.74 Å². The van der Waals surface area contributed by atoms with Gasteiger partial charge < -0.3 is 10.5 Å². The van der Waals surface area contributed by atoms with Gasteiger partial charge in [0, 0.05) is 35.8 Å². The first kappa shape index (κ1) is 15.6. The van der Waals surface area contributed by atoms with Crippen molar-refractivity contribution in [1.29, 1.82) is 0 Å². The molecule has 0 aliphatic rings. The molecule has 0 aromatic heterocycles. The van der Waals surface area contributed by atoms with Gasteiger partial charge in [0.1, 0.15) is 5.82 Å². The van der Waals surface area contributed by atoms with Crippen LogP contribution in [0.2, 0.25) is 0 Å². The largest absolute Gasteiger partial charge is 0.380 e. The van der Waals surface area contributed by atoms with Crippen LogP contribution in [0.4, 0.5) is 4.39 Å². The number of rotatable bonds is 7. The average molecular weight is 319 g/mol. The number of benzene rings is 1. The van der Waals surface area contributed by atoms with Gasteiger partial charge in [0.2, 0.25) is 0 Å². The lowest BCUT2D eigenvalue weighted by molar-refractivity contribution is 0.108. The molecular formula is C13H20BrFN2O. The van der Waals surface area contributed by atoms with Crippen molar-refractivity contribution in [3.8, 4) is 0 Å². The summed E-state index contributed by atoms with van der Waals surface area (Å²) in [6.07, 6.45) is 0. The number of hydrogen-bond donors (Lipinski definition) is 1. The Morgan fingerprint density at radius 2 is 2.22 bits per heavy atom. The second-order valence-corrected chi connectivity index (χ2v) is 5.01. The molecule has 0 amide bonds. The molecule has 0 aliphatic heterocycles. The van der Waals surface area contributed by atoms with Gasteiger partial charge in [0.05, 0.1) is 6.61 Å². The number of nitrogens with zero attached hydrogens (tertiary/aromatic N) is 1. The molecule has 0 saturated heterocycles. The van der Waals surface area contributed by atoms with Crippen LogP contribution in [0.15, 0.2) is 22.7 Å². The zero-order valence-corrected chi connectivity index (χ0v) is 12.4. The molecule has 5 heteroatoms. The molecule has 0 bridgehead atoms. The summed E-state index contributed by atoms with van der Waals surface area (Å²) < 4.78 is 20.0. The number of hydrogen-bond acceptors (Lipinski definition) is 3. The Morgan fingerprint density at radius 3 is 2.83 bits per heavy atom. The van der Waals surface area contributed by atoms with E-state index in [2.05, 4.69) is 15.9 Å². The minimum Gasteiger partial charge on any atom is -0.380 e. The summed E-state index contributed by atoms with van der Waals surface area (Å²) >= 11 is 3.36. The highest BCUT2D eigenvalue weighted by Gasteiger charge is 2.19. The zero-order chi connectivity index (χ0) is 13.5. The predicted molar refractivity (Wildman–Crippen MR) is 75.0 cm³/mol. The van der Waals surface area contributed by atoms with E-state index in [-0.39, 0.29) is 11.9 Å². The number of ether oxygens (including phenoxy) is 1. The van der Waals surface area contributed by atoms with E-state index in [1.54, 1.807) is 12.1 Å². The Hall–Kier alpha value is -0.490. The highest BCUT2D eigenvalue weighted by Crippen LogP contribution is 2.24. The summed E-state index contributed by atoms with van der Waals surface area (Å²) in [5.74, 6) is -0.225. The van der Waals surface area contributed by atoms with Crippen LogP contribution >= 0.6 is 15.9 Å². The normalized spacial score (nSPS) is 13.0. The topological polar surface area (TPSA) is 38.5 Å². The van der Waals surface area contributed by atoms with E-state index in [1.165, 1.54) is 6.07 Å². The second-order valence-electron chi connectivity index (χ2n) is 4.09. The van der Waals surface area contributed by atoms with Crippen molar-refractivity contribution in [3.63, 3.8) is 0 Å². The minimum atomic E-state index is -0.225. The smallest absolute Gasteiger partial charge is 0.128 e. The number of nitrogens with two attached hydrogens (primary N) is 1. The average Bonchev–Trinajstić information content (AvgIpc) is 2.35. The summed E-state index contributed by atoms with van der Waals surface area (Å²) in [7, 11) is 1.93. The summed E-state index contributed by atoms with van der Waals surface area (Å²) in [4.78, 5) is 2.01. The van der Waals surface area contributed by atoms with Crippen molar-refractivity contribution in [2.75, 3.05) is 33.4 Å². The van der Waals surface area contributed by atoms with Crippen LogP contribution in [0.5, 0.6) is 0 Å². The molecule has 0 radical (unpaired) electrons. The van der Waals surface area contributed by atoms with Crippen molar-refractivity contribution < 1.29 is 9.13 Å². The third kappa shape index (κ3) is 4.31. The van der Waals surface area contributed by atoms with Crippen LogP contribution in [0.3, 0.4) is 0 Å². The Balaban J connectivity index is 2.78. The molecule has 0 fully saturated rings. The molecule has 3 nitrogen and oxygen atoms in total. The highest BCUT2D eigenvalue weighted by atomic mass is 79.9. The molecule has 102 valence electrons. The van der Waals surface area contributed by atoms with Crippen LogP contribution in [-0.4, -0.2) is 38.3 Å². The van der Waals surface area contributed by atoms with Gasteiger partial charge in [0.25, 0.3) is 0 Å². The molecular weight excluding hydrogens is 299 g/mol. The van der Waals surface area contributed by atoms with Crippen molar-refractivity contribution in [3.05, 3.63) is 34.1 Å². The van der Waals surface area contributed by atoms with Crippen LogP contribution in [0, 0.1) is 5.82 Å². The first-order valence-corrected chi connectivity index (χ1v) is 6.82. The van der Waals surface area contributed by atoms with Crippen molar-refractivity contribution in [1.82, 2.24) is 4.90 Å². The molecule has 1 atom stereocenters. The van der Waals surface area contributed by atoms with Gasteiger partial charge in [-0.25, -0.2) is 4.39 Å². The van der Waals surface area contributed by atoms with Gasteiger partial charge in [-0.05, 0) is 32.2 Å². The van der Waals surface area contributed by atoms with Gasteiger partial charge in [-0.2, -0.15) is 0 Å². The molecule has 18 heavy (non-hydrogen) atoms. The Kier molecular flexibility index (Phi) is 6.78. The third-order valence-corrected chi connectivity index (χ3v) is 3.36. The lowest BCUT2D eigenvalue weighted by Gasteiger charge is -2.27. The molecule has 1 aromatic rings. The first-order valence-electron chi connectivity index (χ1n) is 6.03. The molecule has 0 saturated carbocycles. The Labute approximate surface area is 116 Å². The SMILES string of the molecule is CCOCCN(C)C(CN)c1cc(Br)ccc1F. The van der Waals surface area contributed by atoms with E-state index in [9.17, 15) is 4.39 Å².